The maximum Gasteiger partial charge on any atom is 0.249 e. The van der Waals surface area contributed by atoms with Gasteiger partial charge in [0.05, 0.1) is 111 Å². The number of nitrogen functional groups attached to an aromatic ring is 4. The number of rotatable bonds is 23. The number of halogens is 1. The third-order valence-electron chi connectivity index (χ3n) is 16.2. The minimum Gasteiger partial charge on any atom is -0.493 e. The molecule has 1 saturated carbocycles. The van der Waals surface area contributed by atoms with Crippen molar-refractivity contribution in [2.24, 2.45) is 0 Å². The van der Waals surface area contributed by atoms with Crippen LogP contribution in [0.5, 0.6) is 51.7 Å². The number of nitrogens with one attached hydrogen (secondary N) is 4. The molecule has 16 rings (SSSR count). The molecule has 0 bridgehead atoms. The predicted octanol–water partition coefficient (Wildman–Crippen LogP) is 12.5. The fourth-order valence-corrected chi connectivity index (χ4v) is 15.3. The number of aryl methyl sites for hydroxylation is 1. The second kappa shape index (κ2) is 32.8. The van der Waals surface area contributed by atoms with Gasteiger partial charge in [-0.15, -0.1) is 31.7 Å². The molecule has 0 saturated heterocycles. The Bertz CT molecular complexity index is 5890. The summed E-state index contributed by atoms with van der Waals surface area (Å²) >= 11 is 5.71. The van der Waals surface area contributed by atoms with Gasteiger partial charge in [-0.05, 0) is 79.9 Å². The molecular weight excluding hydrogens is 1530 g/mol. The van der Waals surface area contributed by atoms with Gasteiger partial charge in [0.1, 0.15) is 5.82 Å². The number of nitrogens with two attached hydrogens (primary N) is 4. The quantitative estimate of drug-likeness (QED) is 0.0295. The van der Waals surface area contributed by atoms with Gasteiger partial charge in [0.15, 0.2) is 44.3 Å². The maximum atomic E-state index is 13.7. The van der Waals surface area contributed by atoms with Crippen molar-refractivity contribution >= 4 is 156 Å². The van der Waals surface area contributed by atoms with Crippen molar-refractivity contribution < 1.29 is 55.4 Å². The molecule has 0 amide bonds. The highest BCUT2D eigenvalue weighted by Crippen LogP contribution is 2.45. The lowest BCUT2D eigenvalue weighted by Crippen LogP contribution is -2.02. The van der Waals surface area contributed by atoms with Crippen LogP contribution in [0.1, 0.15) is 30.0 Å². The molecule has 0 aliphatic heterocycles. The van der Waals surface area contributed by atoms with E-state index in [1.807, 2.05) is 43.3 Å². The van der Waals surface area contributed by atoms with E-state index >= 15 is 0 Å². The molecule has 8 aromatic heterocycles. The van der Waals surface area contributed by atoms with Gasteiger partial charge in [-0.1, -0.05) is 64.3 Å². The highest BCUT2D eigenvalue weighted by molar-refractivity contribution is 7.90. The number of hydrogen-bond acceptors (Lipinski definition) is 35. The summed E-state index contributed by atoms with van der Waals surface area (Å²) in [6, 6.07) is 35.4. The first-order chi connectivity index (χ1) is 53.6. The van der Waals surface area contributed by atoms with Gasteiger partial charge in [0.2, 0.25) is 85.4 Å². The minimum atomic E-state index is -3.32. The molecule has 7 aromatic carbocycles. The largest absolute Gasteiger partial charge is 0.493 e. The van der Waals surface area contributed by atoms with Gasteiger partial charge in [-0.25, -0.2) is 32.7 Å². The lowest BCUT2D eigenvalue weighted by Gasteiger charge is -2.14. The summed E-state index contributed by atoms with van der Waals surface area (Å²) in [6.45, 7) is 2.04. The van der Waals surface area contributed by atoms with Crippen LogP contribution in [-0.2, 0) is 9.84 Å². The van der Waals surface area contributed by atoms with Crippen molar-refractivity contribution in [1.82, 2.24) is 79.0 Å². The molecule has 1 aliphatic carbocycles. The Morgan fingerprint density at radius 1 is 0.423 bits per heavy atom. The average molecular weight is 1600 g/mol. The first kappa shape index (κ1) is 76.1. The molecule has 12 N–H and O–H groups in total. The third-order valence-corrected chi connectivity index (χ3v) is 21.2. The molecule has 0 spiro atoms. The Morgan fingerprint density at radius 3 is 1.19 bits per heavy atom. The summed E-state index contributed by atoms with van der Waals surface area (Å²) in [4.78, 5) is 35.3. The van der Waals surface area contributed by atoms with Crippen molar-refractivity contribution in [2.75, 3.05) is 114 Å². The molecule has 1 fully saturated rings. The number of ether oxygens (including phenoxy) is 9. The van der Waals surface area contributed by atoms with Crippen molar-refractivity contribution in [1.29, 1.82) is 0 Å². The van der Waals surface area contributed by atoms with E-state index < -0.39 is 9.84 Å². The van der Waals surface area contributed by atoms with Crippen LogP contribution in [-0.4, -0.2) is 158 Å². The fraction of sp³-hybridized carbons (Fsp3) is 0.200. The Labute approximate surface area is 647 Å². The van der Waals surface area contributed by atoms with Gasteiger partial charge in [0, 0.05) is 71.0 Å². The van der Waals surface area contributed by atoms with Crippen molar-refractivity contribution in [3.05, 3.63) is 144 Å². The number of hydrogen-bond donors (Lipinski definition) is 8. The normalized spacial score (nSPS) is 11.7. The van der Waals surface area contributed by atoms with Crippen molar-refractivity contribution in [2.45, 2.75) is 30.6 Å². The number of aromatic nitrogens is 16. The summed E-state index contributed by atoms with van der Waals surface area (Å²) in [5.41, 5.74) is 31.0. The highest BCUT2D eigenvalue weighted by Gasteiger charge is 2.28. The van der Waals surface area contributed by atoms with Gasteiger partial charge in [-0.3, -0.25) is 0 Å². The number of nitrogens with zero attached hydrogens (tertiary/aromatic N) is 16. The van der Waals surface area contributed by atoms with Crippen LogP contribution in [0.3, 0.4) is 0 Å². The van der Waals surface area contributed by atoms with Crippen molar-refractivity contribution in [3.63, 3.8) is 0 Å². The number of fused-ring (bicyclic) bond motifs is 3. The zero-order valence-electron chi connectivity index (χ0n) is 61.0. The van der Waals surface area contributed by atoms with Crippen LogP contribution in [0.2, 0.25) is 0 Å². The first-order valence-corrected chi connectivity index (χ1v) is 38.2. The Hall–Kier alpha value is -13.1. The topological polar surface area (TPSA) is 444 Å². The zero-order valence-corrected chi connectivity index (χ0v) is 65.1. The van der Waals surface area contributed by atoms with Crippen LogP contribution in [0.4, 0.5) is 74.7 Å². The van der Waals surface area contributed by atoms with E-state index in [-0.39, 0.29) is 52.1 Å². The van der Waals surface area contributed by atoms with E-state index in [1.54, 1.807) is 109 Å². The molecule has 1 aliphatic rings. The highest BCUT2D eigenvalue weighted by atomic mass is 32.2. The molecule has 574 valence electrons. The third kappa shape index (κ3) is 16.9. The van der Waals surface area contributed by atoms with Gasteiger partial charge in [0.25, 0.3) is 0 Å². The van der Waals surface area contributed by atoms with Crippen LogP contribution in [0.25, 0.3) is 51.2 Å². The molecule has 8 heterocycles. The van der Waals surface area contributed by atoms with E-state index in [4.69, 9.17) is 65.6 Å². The summed E-state index contributed by atoms with van der Waals surface area (Å²) < 4.78 is 94.2. The number of methoxy groups -OCH3 is 9. The Kier molecular flexibility index (Phi) is 22.5. The fourth-order valence-electron chi connectivity index (χ4n) is 10.8. The van der Waals surface area contributed by atoms with Gasteiger partial charge >= 0.3 is 0 Å². The first-order valence-electron chi connectivity index (χ1n) is 33.0. The minimum absolute atomic E-state index is 0.113. The number of benzene rings is 7. The summed E-state index contributed by atoms with van der Waals surface area (Å²) in [5.74, 6) is 6.61. The molecule has 15 aromatic rings. The van der Waals surface area contributed by atoms with Crippen molar-refractivity contribution in [3.8, 4) is 72.3 Å². The van der Waals surface area contributed by atoms with E-state index in [0.29, 0.717) is 117 Å². The molecule has 0 radical (unpaired) electrons. The summed E-state index contributed by atoms with van der Waals surface area (Å²) in [7, 11) is 10.6. The van der Waals surface area contributed by atoms with Crippen LogP contribution >= 0.6 is 45.3 Å². The molecule has 0 unspecified atom stereocenters. The smallest absolute Gasteiger partial charge is 0.249 e. The van der Waals surface area contributed by atoms with Gasteiger partial charge in [-0.2, -0.15) is 38.7 Å². The Balaban J connectivity index is 0.000000131. The lowest BCUT2D eigenvalue weighted by atomic mass is 10.2. The summed E-state index contributed by atoms with van der Waals surface area (Å²) in [5, 5.41) is 34.1. The molecule has 41 heteroatoms. The number of sulfone groups is 1. The van der Waals surface area contributed by atoms with E-state index in [0.717, 1.165) is 32.4 Å². The van der Waals surface area contributed by atoms with E-state index in [9.17, 15) is 12.8 Å². The second-order valence-electron chi connectivity index (χ2n) is 23.7. The maximum absolute atomic E-state index is 13.7. The lowest BCUT2D eigenvalue weighted by molar-refractivity contribution is 0.324. The molecular formula is C70H71FN24O11S5. The molecule has 0 atom stereocenters. The number of thiazole rings is 4. The van der Waals surface area contributed by atoms with Gasteiger partial charge < -0.3 is 86.8 Å². The van der Waals surface area contributed by atoms with Crippen LogP contribution < -0.4 is 86.8 Å². The standard InChI is InChI=1S/C19H20N6O5S2.C19H20N6O3S.C17H20N6O3S.C15H11FN6S/c1-28-13-7-10(8-14(29-2)16(13)30-3)21-18-23-17(20)25(24-18)19-22-12-6-5-11(32(4,26)27)9-15(12)31-19;1-10-5-6-12-15(7-10)29-19(22-12)25-17(20)23-18(24-25)21-11-8-13(26-2)16(28-4)14(9-11)27-3;1-24-12-6-10(7-13(25-2)14(12)26-3)19-16-21-15(18)23(22-16)17-20-11(8-27-17)9-4-5-9;16-9-5-1-2-6-10(9)18-14-20-13(17)22(21-14)15-19-11-7-3-4-8-12(11)23-15/h5-9H,1-4H3,(H3,20,21,23,24);5-9H,1-4H3,(H3,20,21,23,24);6-9H,4-5H2,1-3H3,(H3,18,19,21,22);1-8H,(H3,17,18,20,21). The number of para-hydroxylation sites is 2. The Morgan fingerprint density at radius 2 is 0.793 bits per heavy atom. The van der Waals surface area contributed by atoms with Crippen LogP contribution in [0, 0.1) is 12.7 Å². The van der Waals surface area contributed by atoms with E-state index in [2.05, 4.69) is 93.0 Å². The average Bonchev–Trinajstić information content (AvgIpc) is 1.68. The zero-order chi connectivity index (χ0) is 78.4. The molecule has 35 nitrogen and oxygen atoms in total. The predicted molar refractivity (Wildman–Crippen MR) is 426 cm³/mol. The monoisotopic (exact) mass is 1600 g/mol. The number of anilines is 12. The van der Waals surface area contributed by atoms with Crippen LogP contribution in [0.15, 0.2) is 132 Å². The molecule has 111 heavy (non-hydrogen) atoms. The summed E-state index contributed by atoms with van der Waals surface area (Å²) in [6.07, 6.45) is 3.56. The second-order valence-corrected chi connectivity index (χ2v) is 29.6. The SMILES string of the molecule is COc1cc(Nc2nc(N)n(-c3nc(C4CC4)cs3)n2)cc(OC)c1OC.COc1cc(Nc2nc(N)n(-c3nc4ccc(C)cc4s3)n2)cc(OC)c1OC.COc1cc(Nc2nc(N)n(-c3nc4ccc(S(C)(=O)=O)cc4s3)n2)cc(OC)c1OC.Nc1nc(Nc2ccccc2F)nn1-c1nc2ccccc2s1. The van der Waals surface area contributed by atoms with E-state index in [1.165, 1.54) is 116 Å².